The maximum Gasteiger partial charge on any atom is 0.000254 e. The summed E-state index contributed by atoms with van der Waals surface area (Å²) in [6.07, 6.45) is 2.45. The van der Waals surface area contributed by atoms with E-state index in [1.54, 1.807) is 0 Å². The van der Waals surface area contributed by atoms with Crippen LogP contribution in [0.4, 0.5) is 0 Å². The normalized spacial score (nSPS) is 14.6. The van der Waals surface area contributed by atoms with E-state index in [2.05, 4.69) is 39.9 Å². The zero-order valence-electron chi connectivity index (χ0n) is 11.3. The quantitative estimate of drug-likeness (QED) is 0.652. The molecule has 0 aliphatic heterocycles. The molecule has 1 atom stereocenters. The third kappa shape index (κ3) is 7.80. The molecule has 1 unspecified atom stereocenters. The van der Waals surface area contributed by atoms with Crippen molar-refractivity contribution in [2.75, 3.05) is 19.6 Å². The van der Waals surface area contributed by atoms with Gasteiger partial charge in [-0.3, -0.25) is 0 Å². The lowest BCUT2D eigenvalue weighted by atomic mass is 9.90. The Balaban J connectivity index is 3.72. The van der Waals surface area contributed by atoms with Crippen LogP contribution in [0.2, 0.25) is 0 Å². The van der Waals surface area contributed by atoms with Crippen molar-refractivity contribution < 1.29 is 0 Å². The molecule has 0 saturated heterocycles. The van der Waals surface area contributed by atoms with Gasteiger partial charge in [0.15, 0.2) is 0 Å². The Bertz CT molecular complexity index is 153. The molecule has 0 aromatic carbocycles. The molecule has 0 bridgehead atoms. The summed E-state index contributed by atoms with van der Waals surface area (Å²) < 4.78 is 0. The Labute approximate surface area is 96.0 Å². The SMILES string of the molecule is CCC(C)(C)CNCC(CN)CC(C)C. The van der Waals surface area contributed by atoms with Gasteiger partial charge in [0.2, 0.25) is 0 Å². The first kappa shape index (κ1) is 14.9. The molecule has 0 saturated carbocycles. The summed E-state index contributed by atoms with van der Waals surface area (Å²) in [5.41, 5.74) is 6.18. The van der Waals surface area contributed by atoms with Crippen LogP contribution in [0.3, 0.4) is 0 Å². The number of nitrogens with one attached hydrogen (secondary N) is 1. The largest absolute Gasteiger partial charge is 0.330 e. The van der Waals surface area contributed by atoms with E-state index in [1.807, 2.05) is 0 Å². The van der Waals surface area contributed by atoms with E-state index >= 15 is 0 Å². The van der Waals surface area contributed by atoms with Crippen LogP contribution in [-0.2, 0) is 0 Å². The zero-order valence-corrected chi connectivity index (χ0v) is 11.3. The van der Waals surface area contributed by atoms with Gasteiger partial charge in [-0.15, -0.1) is 0 Å². The molecule has 0 amide bonds. The highest BCUT2D eigenvalue weighted by Gasteiger charge is 2.15. The lowest BCUT2D eigenvalue weighted by Crippen LogP contribution is -2.35. The Morgan fingerprint density at radius 2 is 1.87 bits per heavy atom. The highest BCUT2D eigenvalue weighted by Crippen LogP contribution is 2.18. The first-order chi connectivity index (χ1) is 6.91. The van der Waals surface area contributed by atoms with Gasteiger partial charge in [-0.1, -0.05) is 34.6 Å². The second-order valence-electron chi connectivity index (χ2n) is 5.88. The molecule has 2 heteroatoms. The Kier molecular flexibility index (Phi) is 7.20. The summed E-state index contributed by atoms with van der Waals surface area (Å²) in [6, 6.07) is 0. The van der Waals surface area contributed by atoms with Gasteiger partial charge in [0.1, 0.15) is 0 Å². The first-order valence-electron chi connectivity index (χ1n) is 6.32. The molecule has 0 heterocycles. The van der Waals surface area contributed by atoms with Gasteiger partial charge >= 0.3 is 0 Å². The van der Waals surface area contributed by atoms with Gasteiger partial charge in [-0.05, 0) is 43.2 Å². The summed E-state index contributed by atoms with van der Waals surface area (Å²) in [5.74, 6) is 1.39. The summed E-state index contributed by atoms with van der Waals surface area (Å²) in [7, 11) is 0. The fourth-order valence-electron chi connectivity index (χ4n) is 1.67. The van der Waals surface area contributed by atoms with Crippen molar-refractivity contribution >= 4 is 0 Å². The van der Waals surface area contributed by atoms with Gasteiger partial charge in [0, 0.05) is 6.54 Å². The summed E-state index contributed by atoms with van der Waals surface area (Å²) in [5, 5.41) is 3.55. The van der Waals surface area contributed by atoms with Gasteiger partial charge in [-0.2, -0.15) is 0 Å². The van der Waals surface area contributed by atoms with E-state index in [9.17, 15) is 0 Å². The molecule has 2 nitrogen and oxygen atoms in total. The Morgan fingerprint density at radius 3 is 2.27 bits per heavy atom. The van der Waals surface area contributed by atoms with Crippen molar-refractivity contribution in [3.05, 3.63) is 0 Å². The van der Waals surface area contributed by atoms with Crippen molar-refractivity contribution in [2.45, 2.75) is 47.5 Å². The van der Waals surface area contributed by atoms with Gasteiger partial charge in [-0.25, -0.2) is 0 Å². The van der Waals surface area contributed by atoms with Crippen LogP contribution in [0.1, 0.15) is 47.5 Å². The molecule has 0 aromatic heterocycles. The average Bonchev–Trinajstić information content (AvgIpc) is 2.15. The Hall–Kier alpha value is -0.0800. The number of nitrogens with two attached hydrogens (primary N) is 1. The van der Waals surface area contributed by atoms with Crippen molar-refractivity contribution in [1.29, 1.82) is 0 Å². The molecule has 0 aliphatic carbocycles. The van der Waals surface area contributed by atoms with Crippen LogP contribution in [-0.4, -0.2) is 19.6 Å². The van der Waals surface area contributed by atoms with Crippen LogP contribution in [0.15, 0.2) is 0 Å². The van der Waals surface area contributed by atoms with Crippen LogP contribution in [0, 0.1) is 17.3 Å². The predicted molar refractivity (Wildman–Crippen MR) is 68.9 cm³/mol. The Morgan fingerprint density at radius 1 is 1.27 bits per heavy atom. The van der Waals surface area contributed by atoms with Crippen molar-refractivity contribution in [2.24, 2.45) is 23.0 Å². The lowest BCUT2D eigenvalue weighted by Gasteiger charge is -2.25. The minimum absolute atomic E-state index is 0.414. The highest BCUT2D eigenvalue weighted by molar-refractivity contribution is 4.72. The van der Waals surface area contributed by atoms with Crippen LogP contribution in [0.25, 0.3) is 0 Å². The van der Waals surface area contributed by atoms with E-state index in [-0.39, 0.29) is 0 Å². The molecule has 0 rings (SSSR count). The monoisotopic (exact) mass is 214 g/mol. The molecule has 92 valence electrons. The van der Waals surface area contributed by atoms with Crippen molar-refractivity contribution in [1.82, 2.24) is 5.32 Å². The van der Waals surface area contributed by atoms with E-state index in [0.717, 1.165) is 25.6 Å². The molecular weight excluding hydrogens is 184 g/mol. The maximum absolute atomic E-state index is 5.76. The predicted octanol–water partition coefficient (Wildman–Crippen LogP) is 2.63. The maximum atomic E-state index is 5.76. The fraction of sp³-hybridized carbons (Fsp3) is 1.00. The number of hydrogen-bond acceptors (Lipinski definition) is 2. The van der Waals surface area contributed by atoms with Crippen molar-refractivity contribution in [3.63, 3.8) is 0 Å². The molecule has 0 aliphatic rings. The summed E-state index contributed by atoms with van der Waals surface area (Å²) >= 11 is 0. The molecule has 0 fully saturated rings. The van der Waals surface area contributed by atoms with Gasteiger partial charge in [0.25, 0.3) is 0 Å². The molecule has 0 radical (unpaired) electrons. The van der Waals surface area contributed by atoms with Gasteiger partial charge < -0.3 is 11.1 Å². The lowest BCUT2D eigenvalue weighted by molar-refractivity contribution is 0.306. The third-order valence-corrected chi connectivity index (χ3v) is 3.13. The fourth-order valence-corrected chi connectivity index (χ4v) is 1.67. The molecule has 0 aromatic rings. The molecule has 15 heavy (non-hydrogen) atoms. The summed E-state index contributed by atoms with van der Waals surface area (Å²) in [4.78, 5) is 0. The first-order valence-corrected chi connectivity index (χ1v) is 6.32. The van der Waals surface area contributed by atoms with Crippen LogP contribution >= 0.6 is 0 Å². The molecule has 0 spiro atoms. The standard InChI is InChI=1S/C13H30N2/c1-6-13(4,5)10-15-9-12(8-14)7-11(2)3/h11-12,15H,6-10,14H2,1-5H3. The molecular formula is C13H30N2. The number of rotatable bonds is 8. The third-order valence-electron chi connectivity index (χ3n) is 3.13. The second kappa shape index (κ2) is 7.24. The number of hydrogen-bond donors (Lipinski definition) is 2. The van der Waals surface area contributed by atoms with E-state index in [4.69, 9.17) is 5.73 Å². The van der Waals surface area contributed by atoms with E-state index in [0.29, 0.717) is 11.3 Å². The van der Waals surface area contributed by atoms with E-state index < -0.39 is 0 Å². The minimum Gasteiger partial charge on any atom is -0.330 e. The highest BCUT2D eigenvalue weighted by atomic mass is 14.9. The minimum atomic E-state index is 0.414. The summed E-state index contributed by atoms with van der Waals surface area (Å²) in [6.45, 7) is 14.3. The zero-order chi connectivity index (χ0) is 11.9. The van der Waals surface area contributed by atoms with Gasteiger partial charge in [0.05, 0.1) is 0 Å². The van der Waals surface area contributed by atoms with Crippen LogP contribution < -0.4 is 11.1 Å². The van der Waals surface area contributed by atoms with E-state index in [1.165, 1.54) is 12.8 Å². The smallest absolute Gasteiger partial charge is 0.000254 e. The molecule has 3 N–H and O–H groups in total. The topological polar surface area (TPSA) is 38.0 Å². The van der Waals surface area contributed by atoms with Crippen molar-refractivity contribution in [3.8, 4) is 0 Å². The average molecular weight is 214 g/mol. The second-order valence-corrected chi connectivity index (χ2v) is 5.88. The van der Waals surface area contributed by atoms with Crippen LogP contribution in [0.5, 0.6) is 0 Å².